The van der Waals surface area contributed by atoms with Crippen molar-refractivity contribution in [1.29, 1.82) is 0 Å². The van der Waals surface area contributed by atoms with Crippen LogP contribution >= 0.6 is 15.8 Å². The van der Waals surface area contributed by atoms with Gasteiger partial charge in [-0.3, -0.25) is 0 Å². The summed E-state index contributed by atoms with van der Waals surface area (Å²) in [4.78, 5) is 0. The summed E-state index contributed by atoms with van der Waals surface area (Å²) in [5, 5.41) is 3.66. The molecule has 2 heteroatoms. The highest BCUT2D eigenvalue weighted by molar-refractivity contribution is 7.73. The standard InChI is InChI=1S/C26H44P2/c1-17(2)21-13-14-22(18(3)4)27(21)25-11-9-10-12-26(25)28-23(19(5)6)15-16-24(28)20(7)8/h9-12,17-24H,13-16H2,1-8H3/t21-,22-,23-,24?,28?/m0/s1. The Labute approximate surface area is 178 Å². The van der Waals surface area contributed by atoms with Gasteiger partial charge in [-0.15, -0.1) is 0 Å². The number of rotatable bonds is 6. The van der Waals surface area contributed by atoms with Crippen LogP contribution in [-0.2, 0) is 0 Å². The van der Waals surface area contributed by atoms with Crippen LogP contribution < -0.4 is 10.6 Å². The average molecular weight is 419 g/mol. The van der Waals surface area contributed by atoms with E-state index in [9.17, 15) is 0 Å². The number of hydrogen-bond donors (Lipinski definition) is 0. The van der Waals surface area contributed by atoms with Gasteiger partial charge in [-0.1, -0.05) is 95.5 Å². The van der Waals surface area contributed by atoms with Crippen LogP contribution in [-0.4, -0.2) is 22.6 Å². The van der Waals surface area contributed by atoms with Crippen molar-refractivity contribution in [2.75, 3.05) is 0 Å². The molecule has 2 aliphatic heterocycles. The molecule has 0 saturated carbocycles. The maximum atomic E-state index is 2.58. The van der Waals surface area contributed by atoms with Crippen molar-refractivity contribution in [3.63, 3.8) is 0 Å². The van der Waals surface area contributed by atoms with Crippen molar-refractivity contribution in [1.82, 2.24) is 0 Å². The Balaban J connectivity index is 2.08. The van der Waals surface area contributed by atoms with Crippen molar-refractivity contribution in [3.05, 3.63) is 24.3 Å². The van der Waals surface area contributed by atoms with E-state index in [0.29, 0.717) is 0 Å². The lowest BCUT2D eigenvalue weighted by molar-refractivity contribution is 0.543. The summed E-state index contributed by atoms with van der Waals surface area (Å²) in [7, 11) is -0.0867. The lowest BCUT2D eigenvalue weighted by Crippen LogP contribution is -2.34. The van der Waals surface area contributed by atoms with E-state index in [0.717, 1.165) is 46.3 Å². The van der Waals surface area contributed by atoms with Gasteiger partial charge in [0, 0.05) is 0 Å². The molecule has 2 unspecified atom stereocenters. The predicted molar refractivity (Wildman–Crippen MR) is 133 cm³/mol. The summed E-state index contributed by atoms with van der Waals surface area (Å²) < 4.78 is 0. The van der Waals surface area contributed by atoms with Gasteiger partial charge in [0.15, 0.2) is 0 Å². The number of benzene rings is 1. The Kier molecular flexibility index (Phi) is 7.70. The van der Waals surface area contributed by atoms with Gasteiger partial charge in [0.1, 0.15) is 0 Å². The van der Waals surface area contributed by atoms with Crippen LogP contribution in [0.2, 0.25) is 0 Å². The van der Waals surface area contributed by atoms with Crippen molar-refractivity contribution in [2.45, 2.75) is 104 Å². The first-order valence-electron chi connectivity index (χ1n) is 11.9. The third-order valence-corrected chi connectivity index (χ3v) is 15.8. The van der Waals surface area contributed by atoms with Gasteiger partial charge in [0.25, 0.3) is 0 Å². The zero-order chi connectivity index (χ0) is 20.6. The molecule has 158 valence electrons. The fourth-order valence-electron chi connectivity index (χ4n) is 5.96. The van der Waals surface area contributed by atoms with E-state index in [2.05, 4.69) is 79.7 Å². The molecule has 0 spiro atoms. The van der Waals surface area contributed by atoms with Crippen LogP contribution in [0.3, 0.4) is 0 Å². The van der Waals surface area contributed by atoms with Gasteiger partial charge < -0.3 is 0 Å². The molecule has 0 radical (unpaired) electrons. The molecule has 1 aromatic rings. The molecule has 2 aliphatic rings. The van der Waals surface area contributed by atoms with E-state index in [-0.39, 0.29) is 15.8 Å². The molecule has 2 heterocycles. The van der Waals surface area contributed by atoms with Crippen molar-refractivity contribution in [3.8, 4) is 0 Å². The predicted octanol–water partition coefficient (Wildman–Crippen LogP) is 7.59. The second kappa shape index (κ2) is 9.48. The first-order chi connectivity index (χ1) is 13.2. The van der Waals surface area contributed by atoms with E-state index < -0.39 is 0 Å². The van der Waals surface area contributed by atoms with Gasteiger partial charge in [-0.25, -0.2) is 0 Å². The summed E-state index contributed by atoms with van der Waals surface area (Å²) in [6.07, 6.45) is 5.83. The van der Waals surface area contributed by atoms with Crippen LogP contribution in [0.15, 0.2) is 24.3 Å². The normalized spacial score (nSPS) is 31.8. The fourth-order valence-corrected chi connectivity index (χ4v) is 14.5. The van der Waals surface area contributed by atoms with E-state index >= 15 is 0 Å². The maximum absolute atomic E-state index is 2.58. The van der Waals surface area contributed by atoms with Crippen molar-refractivity contribution >= 4 is 26.5 Å². The van der Waals surface area contributed by atoms with Gasteiger partial charge >= 0.3 is 0 Å². The lowest BCUT2D eigenvalue weighted by Gasteiger charge is -2.37. The molecule has 0 bridgehead atoms. The summed E-state index contributed by atoms with van der Waals surface area (Å²) in [6, 6.07) is 9.86. The second-order valence-electron chi connectivity index (χ2n) is 10.7. The molecule has 1 aromatic carbocycles. The zero-order valence-corrected chi connectivity index (χ0v) is 21.4. The van der Waals surface area contributed by atoms with Crippen molar-refractivity contribution < 1.29 is 0 Å². The monoisotopic (exact) mass is 418 g/mol. The quantitative estimate of drug-likeness (QED) is 0.418. The first kappa shape index (κ1) is 22.8. The summed E-state index contributed by atoms with van der Waals surface area (Å²) >= 11 is 0. The molecule has 0 nitrogen and oxygen atoms in total. The Morgan fingerprint density at radius 2 is 0.786 bits per heavy atom. The third kappa shape index (κ3) is 4.40. The average Bonchev–Trinajstić information content (AvgIpc) is 3.26. The minimum Gasteiger partial charge on any atom is -0.0677 e. The Morgan fingerprint density at radius 1 is 0.536 bits per heavy atom. The summed E-state index contributed by atoms with van der Waals surface area (Å²) in [5.41, 5.74) is 3.71. The topological polar surface area (TPSA) is 0 Å². The van der Waals surface area contributed by atoms with E-state index in [4.69, 9.17) is 0 Å². The molecule has 0 amide bonds. The SMILES string of the molecule is CC(C)C1CC[C@@H](C(C)C)P1c1ccccc1P1[C@H](C(C)C)CC[C@H]1C(C)C. The minimum atomic E-state index is -0.0433. The van der Waals surface area contributed by atoms with Gasteiger partial charge in [0.05, 0.1) is 0 Å². The largest absolute Gasteiger partial charge is 0.0677 e. The molecule has 28 heavy (non-hydrogen) atoms. The van der Waals surface area contributed by atoms with Crippen LogP contribution in [0.5, 0.6) is 0 Å². The molecule has 5 atom stereocenters. The Bertz CT molecular complexity index is 546. The van der Waals surface area contributed by atoms with Gasteiger partial charge in [-0.05, 0) is 82.6 Å². The highest BCUT2D eigenvalue weighted by Crippen LogP contribution is 2.63. The summed E-state index contributed by atoms with van der Waals surface area (Å²) in [6.45, 7) is 19.9. The maximum Gasteiger partial charge on any atom is -0.0143 e. The minimum absolute atomic E-state index is 0.0433. The Hall–Kier alpha value is 0.0800. The van der Waals surface area contributed by atoms with Crippen LogP contribution in [0.1, 0.15) is 81.1 Å². The van der Waals surface area contributed by atoms with E-state index in [1.165, 1.54) is 25.7 Å². The molecule has 0 N–H and O–H groups in total. The van der Waals surface area contributed by atoms with Crippen LogP contribution in [0.4, 0.5) is 0 Å². The highest BCUT2D eigenvalue weighted by Gasteiger charge is 2.44. The molecular formula is C26H44P2. The third-order valence-electron chi connectivity index (χ3n) is 7.46. The molecule has 0 aromatic heterocycles. The second-order valence-corrected chi connectivity index (χ2v) is 15.9. The molecule has 2 saturated heterocycles. The van der Waals surface area contributed by atoms with Crippen molar-refractivity contribution in [2.24, 2.45) is 23.7 Å². The molecule has 3 rings (SSSR count). The van der Waals surface area contributed by atoms with E-state index in [1.807, 2.05) is 10.6 Å². The molecule has 2 fully saturated rings. The summed E-state index contributed by atoms with van der Waals surface area (Å²) in [5.74, 6) is 3.28. The zero-order valence-electron chi connectivity index (χ0n) is 19.7. The van der Waals surface area contributed by atoms with Crippen LogP contribution in [0.25, 0.3) is 0 Å². The van der Waals surface area contributed by atoms with Crippen LogP contribution in [0, 0.1) is 23.7 Å². The first-order valence-corrected chi connectivity index (χ1v) is 14.9. The highest BCUT2D eigenvalue weighted by atomic mass is 31.1. The fraction of sp³-hybridized carbons (Fsp3) is 0.769. The smallest absolute Gasteiger partial charge is 0.0143 e. The number of hydrogen-bond acceptors (Lipinski definition) is 0. The Morgan fingerprint density at radius 3 is 1.00 bits per heavy atom. The van der Waals surface area contributed by atoms with Gasteiger partial charge in [-0.2, -0.15) is 0 Å². The lowest BCUT2D eigenvalue weighted by atomic mass is 10.0. The van der Waals surface area contributed by atoms with E-state index in [1.54, 1.807) is 0 Å². The van der Waals surface area contributed by atoms with Gasteiger partial charge in [0.2, 0.25) is 0 Å². The molecule has 0 aliphatic carbocycles. The molecular weight excluding hydrogens is 374 g/mol.